The van der Waals surface area contributed by atoms with Crippen LogP contribution in [0.1, 0.15) is 18.5 Å². The van der Waals surface area contributed by atoms with Crippen LogP contribution in [0.5, 0.6) is 5.75 Å². The Balaban J connectivity index is 1.82. The van der Waals surface area contributed by atoms with Crippen LogP contribution in [0.4, 0.5) is 18.9 Å². The molecule has 0 saturated heterocycles. The number of aliphatic hydroxyl groups is 1. The summed E-state index contributed by atoms with van der Waals surface area (Å²) in [5.74, 6) is -2.14. The monoisotopic (exact) mass is 354 g/mol. The third-order valence-corrected chi connectivity index (χ3v) is 3.80. The highest BCUT2D eigenvalue weighted by Crippen LogP contribution is 2.22. The van der Waals surface area contributed by atoms with Gasteiger partial charge in [0.25, 0.3) is 0 Å². The van der Waals surface area contributed by atoms with Crippen LogP contribution in [-0.4, -0.2) is 31.4 Å². The highest BCUT2D eigenvalue weighted by molar-refractivity contribution is 5.43. The first kappa shape index (κ1) is 19.1. The summed E-state index contributed by atoms with van der Waals surface area (Å²) < 4.78 is 44.3. The number of hydrogen-bond acceptors (Lipinski definition) is 4. The molecule has 0 fully saturated rings. The second-order valence-corrected chi connectivity index (χ2v) is 5.69. The third kappa shape index (κ3) is 5.37. The molecule has 0 aliphatic rings. The number of nitrogens with one attached hydrogen (secondary N) is 2. The molecule has 0 aliphatic carbocycles. The highest BCUT2D eigenvalue weighted by Gasteiger charge is 2.12. The van der Waals surface area contributed by atoms with Gasteiger partial charge in [-0.2, -0.15) is 0 Å². The minimum atomic E-state index is -0.948. The molecule has 0 saturated carbocycles. The van der Waals surface area contributed by atoms with E-state index in [1.54, 1.807) is 12.1 Å². The van der Waals surface area contributed by atoms with Gasteiger partial charge in [-0.05, 0) is 36.8 Å². The molecule has 2 atom stereocenters. The second kappa shape index (κ2) is 8.73. The molecule has 4 nitrogen and oxygen atoms in total. The lowest BCUT2D eigenvalue weighted by Crippen LogP contribution is -2.33. The summed E-state index contributed by atoms with van der Waals surface area (Å²) >= 11 is 0. The maximum absolute atomic E-state index is 13.4. The lowest BCUT2D eigenvalue weighted by Gasteiger charge is -2.19. The molecule has 0 amide bonds. The fourth-order valence-corrected chi connectivity index (χ4v) is 2.29. The summed E-state index contributed by atoms with van der Waals surface area (Å²) in [7, 11) is 1.40. The fraction of sp³-hybridized carbons (Fsp3) is 0.333. The van der Waals surface area contributed by atoms with Crippen molar-refractivity contribution >= 4 is 5.69 Å². The lowest BCUT2D eigenvalue weighted by molar-refractivity contribution is 0.180. The predicted octanol–water partition coefficient (Wildman–Crippen LogP) is 3.24. The normalized spacial score (nSPS) is 13.4. The first-order valence-corrected chi connectivity index (χ1v) is 7.84. The van der Waals surface area contributed by atoms with Crippen molar-refractivity contribution in [1.82, 2.24) is 5.32 Å². The van der Waals surface area contributed by atoms with E-state index in [1.807, 2.05) is 6.92 Å². The number of benzene rings is 2. The summed E-state index contributed by atoms with van der Waals surface area (Å²) in [4.78, 5) is 0. The molecule has 0 bridgehead atoms. The van der Waals surface area contributed by atoms with Crippen LogP contribution < -0.4 is 15.4 Å². The van der Waals surface area contributed by atoms with Crippen LogP contribution >= 0.6 is 0 Å². The molecule has 2 aromatic carbocycles. The van der Waals surface area contributed by atoms with Gasteiger partial charge in [-0.15, -0.1) is 0 Å². The first-order chi connectivity index (χ1) is 11.9. The zero-order valence-electron chi connectivity index (χ0n) is 14.0. The van der Waals surface area contributed by atoms with Gasteiger partial charge >= 0.3 is 0 Å². The predicted molar refractivity (Wildman–Crippen MR) is 90.2 cm³/mol. The Morgan fingerprint density at radius 1 is 1.00 bits per heavy atom. The van der Waals surface area contributed by atoms with Crippen LogP contribution in [0.2, 0.25) is 0 Å². The van der Waals surface area contributed by atoms with Gasteiger partial charge in [-0.25, -0.2) is 13.2 Å². The lowest BCUT2D eigenvalue weighted by atomic mass is 10.1. The maximum atomic E-state index is 13.4. The molecule has 0 heterocycles. The van der Waals surface area contributed by atoms with Gasteiger partial charge in [0, 0.05) is 30.9 Å². The van der Waals surface area contributed by atoms with Crippen molar-refractivity contribution in [2.75, 3.05) is 25.5 Å². The number of ether oxygens (including phenoxy) is 1. The third-order valence-electron chi connectivity index (χ3n) is 3.80. The van der Waals surface area contributed by atoms with Crippen molar-refractivity contribution in [1.29, 1.82) is 0 Å². The van der Waals surface area contributed by atoms with E-state index in [0.717, 1.165) is 17.7 Å². The van der Waals surface area contributed by atoms with E-state index in [4.69, 9.17) is 4.74 Å². The summed E-state index contributed by atoms with van der Waals surface area (Å²) in [5.41, 5.74) is 1.20. The smallest absolute Gasteiger partial charge is 0.165 e. The molecule has 25 heavy (non-hydrogen) atoms. The van der Waals surface area contributed by atoms with Crippen LogP contribution in [0.15, 0.2) is 36.4 Å². The average molecular weight is 354 g/mol. The Hall–Kier alpha value is -2.25. The van der Waals surface area contributed by atoms with Crippen molar-refractivity contribution in [2.45, 2.75) is 19.1 Å². The molecule has 3 N–H and O–H groups in total. The number of halogens is 3. The zero-order chi connectivity index (χ0) is 18.4. The van der Waals surface area contributed by atoms with E-state index in [-0.39, 0.29) is 24.9 Å². The Morgan fingerprint density at radius 2 is 1.72 bits per heavy atom. The molecule has 1 unspecified atom stereocenters. The SMILES string of the molecule is COc1cc([C@@H](C)NCC(O)CNc2ccc(F)c(F)c2)ccc1F. The van der Waals surface area contributed by atoms with Crippen molar-refractivity contribution in [3.05, 3.63) is 59.4 Å². The van der Waals surface area contributed by atoms with Crippen LogP contribution in [0.3, 0.4) is 0 Å². The Bertz CT molecular complexity index is 713. The minimum absolute atomic E-state index is 0.132. The number of rotatable bonds is 8. The van der Waals surface area contributed by atoms with E-state index in [1.165, 1.54) is 19.2 Å². The average Bonchev–Trinajstić information content (AvgIpc) is 2.61. The molecular formula is C18H21F3N2O2. The molecule has 2 rings (SSSR count). The number of anilines is 1. The van der Waals surface area contributed by atoms with E-state index in [9.17, 15) is 18.3 Å². The summed E-state index contributed by atoms with van der Waals surface area (Å²) in [6.07, 6.45) is -0.752. The van der Waals surface area contributed by atoms with Crippen LogP contribution in [0.25, 0.3) is 0 Å². The minimum Gasteiger partial charge on any atom is -0.494 e. The molecular weight excluding hydrogens is 333 g/mol. The van der Waals surface area contributed by atoms with Gasteiger partial charge in [-0.3, -0.25) is 0 Å². The molecule has 7 heteroatoms. The van der Waals surface area contributed by atoms with Gasteiger partial charge in [0.15, 0.2) is 23.2 Å². The summed E-state index contributed by atoms with van der Waals surface area (Å²) in [6, 6.07) is 7.88. The Labute approximate surface area is 144 Å². The van der Waals surface area contributed by atoms with E-state index >= 15 is 0 Å². The standard InChI is InChI=1S/C18H21F3N2O2/c1-11(12-3-5-16(20)18(7-12)25-2)22-9-14(24)10-23-13-4-6-15(19)17(21)8-13/h3-8,11,14,22-24H,9-10H2,1-2H3/t11-,14?/m1/s1. The van der Waals surface area contributed by atoms with Crippen molar-refractivity contribution < 1.29 is 23.0 Å². The van der Waals surface area contributed by atoms with E-state index in [2.05, 4.69) is 10.6 Å². The van der Waals surface area contributed by atoms with Gasteiger partial charge in [0.1, 0.15) is 0 Å². The molecule has 0 aliphatic heterocycles. The van der Waals surface area contributed by atoms with Crippen molar-refractivity contribution in [3.8, 4) is 5.75 Å². The van der Waals surface area contributed by atoms with Crippen molar-refractivity contribution in [2.24, 2.45) is 0 Å². The summed E-state index contributed by atoms with van der Waals surface area (Å²) in [6.45, 7) is 2.30. The molecule has 136 valence electrons. The zero-order valence-corrected chi connectivity index (χ0v) is 14.0. The molecule has 2 aromatic rings. The van der Waals surface area contributed by atoms with Crippen LogP contribution in [-0.2, 0) is 0 Å². The summed E-state index contributed by atoms with van der Waals surface area (Å²) in [5, 5.41) is 16.0. The maximum Gasteiger partial charge on any atom is 0.165 e. The fourth-order valence-electron chi connectivity index (χ4n) is 2.29. The number of aliphatic hydroxyl groups excluding tert-OH is 1. The van der Waals surface area contributed by atoms with Crippen LogP contribution in [0, 0.1) is 17.5 Å². The largest absolute Gasteiger partial charge is 0.494 e. The first-order valence-electron chi connectivity index (χ1n) is 7.84. The van der Waals surface area contributed by atoms with Gasteiger partial charge < -0.3 is 20.5 Å². The van der Waals surface area contributed by atoms with E-state index < -0.39 is 23.6 Å². The Kier molecular flexibility index (Phi) is 6.66. The Morgan fingerprint density at radius 3 is 2.40 bits per heavy atom. The quantitative estimate of drug-likeness (QED) is 0.681. The molecule has 0 spiro atoms. The highest BCUT2D eigenvalue weighted by atomic mass is 19.2. The van der Waals surface area contributed by atoms with E-state index in [0.29, 0.717) is 5.69 Å². The van der Waals surface area contributed by atoms with Gasteiger partial charge in [0.05, 0.1) is 13.2 Å². The molecule has 0 radical (unpaired) electrons. The second-order valence-electron chi connectivity index (χ2n) is 5.69. The van der Waals surface area contributed by atoms with Crippen molar-refractivity contribution in [3.63, 3.8) is 0 Å². The topological polar surface area (TPSA) is 53.5 Å². The molecule has 0 aromatic heterocycles. The number of methoxy groups -OCH3 is 1. The van der Waals surface area contributed by atoms with Gasteiger partial charge in [-0.1, -0.05) is 6.07 Å². The number of hydrogen-bond donors (Lipinski definition) is 3. The van der Waals surface area contributed by atoms with Gasteiger partial charge in [0.2, 0.25) is 0 Å².